The third-order valence-electron chi connectivity index (χ3n) is 6.74. The average molecular weight is 469 g/mol. The molecular formula is C34H21NO. The number of nitrogens with zero attached hydrogens (tertiary/aromatic N) is 1. The Hall–Kier alpha value is -4.82. The van der Waals surface area contributed by atoms with Crippen LogP contribution >= 0.6 is 0 Å². The fourth-order valence-electron chi connectivity index (χ4n) is 5.18. The summed E-state index contributed by atoms with van der Waals surface area (Å²) >= 11 is 0. The number of hydrogen-bond acceptors (Lipinski definition) is 1. The number of para-hydroxylation sites is 3. The van der Waals surface area contributed by atoms with E-state index < -0.39 is 36.3 Å². The van der Waals surface area contributed by atoms with Gasteiger partial charge in [0.05, 0.1) is 23.4 Å². The van der Waals surface area contributed by atoms with Gasteiger partial charge in [-0.25, -0.2) is 0 Å². The minimum atomic E-state index is -0.537. The molecule has 2 heteroatoms. The Morgan fingerprint density at radius 1 is 0.556 bits per heavy atom. The minimum Gasteiger partial charge on any atom is -0.456 e. The highest BCUT2D eigenvalue weighted by Crippen LogP contribution is 2.48. The Kier molecular flexibility index (Phi) is 2.60. The Bertz CT molecular complexity index is 2450. The van der Waals surface area contributed by atoms with Crippen LogP contribution in [0, 0.1) is 0 Å². The minimum absolute atomic E-state index is 0.0107. The van der Waals surface area contributed by atoms with Crippen molar-refractivity contribution in [1.82, 2.24) is 4.57 Å². The van der Waals surface area contributed by atoms with E-state index in [-0.39, 0.29) is 57.1 Å². The summed E-state index contributed by atoms with van der Waals surface area (Å²) in [6.45, 7) is 0. The van der Waals surface area contributed by atoms with Gasteiger partial charge < -0.3 is 9.30 Å². The molecule has 0 unspecified atom stereocenters. The molecule has 0 saturated heterocycles. The molecule has 8 rings (SSSR count). The van der Waals surface area contributed by atoms with Gasteiger partial charge in [-0.15, -0.1) is 0 Å². The van der Waals surface area contributed by atoms with E-state index in [4.69, 9.17) is 17.1 Å². The second-order valence-corrected chi connectivity index (χ2v) is 8.68. The van der Waals surface area contributed by atoms with Gasteiger partial charge in [0.15, 0.2) is 0 Å². The molecule has 0 amide bonds. The number of benzene rings is 6. The van der Waals surface area contributed by atoms with Gasteiger partial charge in [-0.2, -0.15) is 0 Å². The lowest BCUT2D eigenvalue weighted by Gasteiger charge is -2.22. The largest absolute Gasteiger partial charge is 0.456 e. The first-order valence-corrected chi connectivity index (χ1v) is 11.6. The van der Waals surface area contributed by atoms with E-state index in [1.54, 1.807) is 0 Å². The molecule has 6 aromatic carbocycles. The summed E-state index contributed by atoms with van der Waals surface area (Å²) in [5.41, 5.74) is 3.36. The van der Waals surface area contributed by atoms with Gasteiger partial charge in [-0.1, -0.05) is 90.8 Å². The van der Waals surface area contributed by atoms with Gasteiger partial charge in [0, 0.05) is 27.4 Å². The third kappa shape index (κ3) is 2.67. The number of rotatable bonds is 2. The molecule has 0 radical (unpaired) electrons. The SMILES string of the molecule is [2H]c1c([2H])c([2H])c2c(c1[2H])Oc1c([2H])c([2H])c(-c3ccc4c5ccccc5n(-c5ccccc5)c4c3)c3c([2H])c([2H])c([2H])c-2c13. The van der Waals surface area contributed by atoms with E-state index in [2.05, 4.69) is 4.57 Å². The van der Waals surface area contributed by atoms with Crippen molar-refractivity contribution in [2.75, 3.05) is 0 Å². The van der Waals surface area contributed by atoms with Crippen molar-refractivity contribution in [3.05, 3.63) is 127 Å². The summed E-state index contributed by atoms with van der Waals surface area (Å²) in [6.07, 6.45) is 0. The molecule has 0 bridgehead atoms. The first-order chi connectivity index (χ1) is 21.6. The normalized spacial score (nSPS) is 15.6. The van der Waals surface area contributed by atoms with Crippen LogP contribution in [-0.2, 0) is 0 Å². The van der Waals surface area contributed by atoms with Gasteiger partial charge >= 0.3 is 0 Å². The van der Waals surface area contributed by atoms with Crippen LogP contribution in [0.15, 0.2) is 127 Å². The molecule has 0 fully saturated rings. The summed E-state index contributed by atoms with van der Waals surface area (Å²) in [5.74, 6) is -0.442. The number of aromatic nitrogens is 1. The lowest BCUT2D eigenvalue weighted by molar-refractivity contribution is 0.487. The molecule has 1 aliphatic rings. The first-order valence-electron chi connectivity index (χ1n) is 16.1. The fourth-order valence-corrected chi connectivity index (χ4v) is 5.18. The maximum absolute atomic E-state index is 9.15. The standard InChI is InChI=1S/C34H21NO/c1-2-9-23(10-3-1)35-30-15-6-4-11-25(30)26-18-17-22(21-31(26)35)24-19-20-33-34-28(24)13-8-14-29(34)27-12-5-7-16-32(27)36-33/h1-21H/i5D,7D,8D,12D,13D,14D,16D,19D,20D. The summed E-state index contributed by atoms with van der Waals surface area (Å²) in [7, 11) is 0. The van der Waals surface area contributed by atoms with E-state index in [0.717, 1.165) is 27.5 Å². The molecule has 36 heavy (non-hydrogen) atoms. The van der Waals surface area contributed by atoms with Gasteiger partial charge in [-0.3, -0.25) is 0 Å². The number of fused-ring (bicyclic) bond motifs is 5. The van der Waals surface area contributed by atoms with E-state index in [1.807, 2.05) is 72.8 Å². The average Bonchev–Trinajstić information content (AvgIpc) is 3.39. The van der Waals surface area contributed by atoms with E-state index in [9.17, 15) is 0 Å². The quantitative estimate of drug-likeness (QED) is 0.246. The van der Waals surface area contributed by atoms with Crippen LogP contribution in [-0.4, -0.2) is 4.57 Å². The zero-order chi connectivity index (χ0) is 31.5. The highest BCUT2D eigenvalue weighted by Gasteiger charge is 2.21. The van der Waals surface area contributed by atoms with Crippen LogP contribution in [0.4, 0.5) is 0 Å². The second kappa shape index (κ2) is 7.34. The molecule has 7 aromatic rings. The molecule has 2 nitrogen and oxygen atoms in total. The van der Waals surface area contributed by atoms with Crippen LogP contribution in [0.1, 0.15) is 12.3 Å². The maximum atomic E-state index is 9.15. The Morgan fingerprint density at radius 2 is 1.36 bits per heavy atom. The first kappa shape index (κ1) is 12.8. The van der Waals surface area contributed by atoms with Gasteiger partial charge in [0.25, 0.3) is 0 Å². The highest BCUT2D eigenvalue weighted by molar-refractivity contribution is 6.13. The summed E-state index contributed by atoms with van der Waals surface area (Å²) < 4.78 is 86.3. The Balaban J connectivity index is 1.53. The topological polar surface area (TPSA) is 14.2 Å². The zero-order valence-electron chi connectivity index (χ0n) is 27.8. The Labute approximate surface area is 221 Å². The fraction of sp³-hybridized carbons (Fsp3) is 0. The van der Waals surface area contributed by atoms with Gasteiger partial charge in [0.1, 0.15) is 11.5 Å². The summed E-state index contributed by atoms with van der Waals surface area (Å²) in [5, 5.41) is 2.22. The van der Waals surface area contributed by atoms with Crippen LogP contribution in [0.2, 0.25) is 0 Å². The van der Waals surface area contributed by atoms with Crippen molar-refractivity contribution in [1.29, 1.82) is 0 Å². The molecule has 0 saturated carbocycles. The zero-order valence-corrected chi connectivity index (χ0v) is 18.8. The third-order valence-corrected chi connectivity index (χ3v) is 6.74. The monoisotopic (exact) mass is 468 g/mol. The molecule has 168 valence electrons. The van der Waals surface area contributed by atoms with Crippen LogP contribution < -0.4 is 4.74 Å². The molecule has 0 aliphatic carbocycles. The van der Waals surface area contributed by atoms with Crippen molar-refractivity contribution in [3.63, 3.8) is 0 Å². The smallest absolute Gasteiger partial charge is 0.135 e. The van der Waals surface area contributed by atoms with Crippen molar-refractivity contribution >= 4 is 32.6 Å². The molecule has 1 aromatic heterocycles. The van der Waals surface area contributed by atoms with Crippen molar-refractivity contribution in [2.45, 2.75) is 0 Å². The van der Waals surface area contributed by atoms with E-state index in [1.165, 1.54) is 0 Å². The van der Waals surface area contributed by atoms with Crippen LogP contribution in [0.5, 0.6) is 11.5 Å². The Morgan fingerprint density at radius 3 is 2.31 bits per heavy atom. The number of hydrogen-bond donors (Lipinski definition) is 0. The van der Waals surface area contributed by atoms with Crippen molar-refractivity contribution in [2.24, 2.45) is 0 Å². The van der Waals surface area contributed by atoms with Crippen molar-refractivity contribution < 1.29 is 17.1 Å². The van der Waals surface area contributed by atoms with Gasteiger partial charge in [0.2, 0.25) is 0 Å². The van der Waals surface area contributed by atoms with Crippen molar-refractivity contribution in [3.8, 4) is 39.4 Å². The maximum Gasteiger partial charge on any atom is 0.135 e. The second-order valence-electron chi connectivity index (χ2n) is 8.68. The number of ether oxygens (including phenoxy) is 1. The molecular weight excluding hydrogens is 438 g/mol. The molecule has 1 aliphatic heterocycles. The lowest BCUT2D eigenvalue weighted by atomic mass is 9.90. The predicted octanol–water partition coefficient (Wildman–Crippen LogP) is 9.38. The van der Waals surface area contributed by atoms with E-state index >= 15 is 0 Å². The van der Waals surface area contributed by atoms with Gasteiger partial charge in [-0.05, 0) is 58.4 Å². The van der Waals surface area contributed by atoms with Crippen LogP contribution in [0.25, 0.3) is 60.5 Å². The van der Waals surface area contributed by atoms with E-state index in [0.29, 0.717) is 5.56 Å². The molecule has 0 spiro atoms. The predicted molar refractivity (Wildman–Crippen MR) is 149 cm³/mol. The lowest BCUT2D eigenvalue weighted by Crippen LogP contribution is -1.97. The molecule has 0 atom stereocenters. The molecule has 0 N–H and O–H groups in total. The highest BCUT2D eigenvalue weighted by atomic mass is 16.5. The summed E-state index contributed by atoms with van der Waals surface area (Å²) in [6, 6.07) is 19.7. The van der Waals surface area contributed by atoms with Crippen LogP contribution in [0.3, 0.4) is 0 Å². The summed E-state index contributed by atoms with van der Waals surface area (Å²) in [4.78, 5) is 0. The molecule has 2 heterocycles.